The van der Waals surface area contributed by atoms with E-state index in [-0.39, 0.29) is 0 Å². The van der Waals surface area contributed by atoms with Crippen molar-refractivity contribution in [3.63, 3.8) is 0 Å². The van der Waals surface area contributed by atoms with Crippen LogP contribution in [-0.2, 0) is 13.0 Å². The number of nitrogens with zero attached hydrogens (tertiary/aromatic N) is 3. The summed E-state index contributed by atoms with van der Waals surface area (Å²) < 4.78 is 5.19. The second-order valence-corrected chi connectivity index (χ2v) is 4.74. The van der Waals surface area contributed by atoms with Crippen LogP contribution in [0.25, 0.3) is 11.1 Å². The number of hydrogen-bond acceptors (Lipinski definition) is 5. The molecule has 2 heterocycles. The van der Waals surface area contributed by atoms with Crippen LogP contribution in [0, 0.1) is 0 Å². The third-order valence-corrected chi connectivity index (χ3v) is 3.45. The van der Waals surface area contributed by atoms with Crippen LogP contribution in [0.15, 0.2) is 35.1 Å². The highest BCUT2D eigenvalue weighted by Gasteiger charge is 2.13. The first kappa shape index (κ1) is 12.9. The molecule has 5 nitrogen and oxygen atoms in total. The van der Waals surface area contributed by atoms with Crippen LogP contribution in [0.1, 0.15) is 18.2 Å². The van der Waals surface area contributed by atoms with Crippen LogP contribution < -0.4 is 5.32 Å². The van der Waals surface area contributed by atoms with E-state index in [9.17, 15) is 0 Å². The summed E-state index contributed by atoms with van der Waals surface area (Å²) in [5.74, 6) is 0.716. The van der Waals surface area contributed by atoms with Crippen molar-refractivity contribution in [2.75, 3.05) is 5.32 Å². The summed E-state index contributed by atoms with van der Waals surface area (Å²) in [6, 6.07) is 7.70. The van der Waals surface area contributed by atoms with Gasteiger partial charge < -0.3 is 9.84 Å². The van der Waals surface area contributed by atoms with E-state index in [1.54, 1.807) is 0 Å². The van der Waals surface area contributed by atoms with Gasteiger partial charge in [0.1, 0.15) is 17.5 Å². The molecule has 3 rings (SSSR count). The van der Waals surface area contributed by atoms with E-state index in [2.05, 4.69) is 20.4 Å². The van der Waals surface area contributed by atoms with Crippen molar-refractivity contribution in [1.29, 1.82) is 0 Å². The lowest BCUT2D eigenvalue weighted by atomic mass is 10.2. The van der Waals surface area contributed by atoms with Crippen molar-refractivity contribution in [3.05, 3.63) is 46.9 Å². The summed E-state index contributed by atoms with van der Waals surface area (Å²) in [6.07, 6.45) is 2.23. The Kier molecular flexibility index (Phi) is 3.52. The fourth-order valence-corrected chi connectivity index (χ4v) is 2.24. The Bertz CT molecular complexity index is 741. The number of benzene rings is 1. The molecular formula is C14H13ClN4O. The monoisotopic (exact) mass is 288 g/mol. The van der Waals surface area contributed by atoms with E-state index in [1.807, 2.05) is 31.2 Å². The Morgan fingerprint density at radius 2 is 2.10 bits per heavy atom. The summed E-state index contributed by atoms with van der Waals surface area (Å²) in [7, 11) is 0. The van der Waals surface area contributed by atoms with Gasteiger partial charge in [-0.3, -0.25) is 0 Å². The van der Waals surface area contributed by atoms with Gasteiger partial charge in [-0.05, 0) is 18.1 Å². The molecule has 0 bridgehead atoms. The predicted octanol–water partition coefficient (Wildman–Crippen LogP) is 3.45. The van der Waals surface area contributed by atoms with Crippen LogP contribution in [-0.4, -0.2) is 15.1 Å². The number of aryl methyl sites for hydroxylation is 1. The molecule has 102 valence electrons. The van der Waals surface area contributed by atoms with Crippen LogP contribution in [0.4, 0.5) is 5.82 Å². The molecule has 0 radical (unpaired) electrons. The number of rotatable bonds is 4. The minimum atomic E-state index is 0.499. The number of nitrogens with one attached hydrogen (secondary N) is 1. The number of aromatic nitrogens is 3. The van der Waals surface area contributed by atoms with E-state index in [1.165, 1.54) is 6.33 Å². The number of fused-ring (bicyclic) bond motifs is 1. The van der Waals surface area contributed by atoms with E-state index in [0.717, 1.165) is 28.1 Å². The molecule has 1 N–H and O–H groups in total. The topological polar surface area (TPSA) is 63.8 Å². The van der Waals surface area contributed by atoms with Crippen molar-refractivity contribution in [2.45, 2.75) is 19.9 Å². The molecule has 0 unspecified atom stereocenters. The van der Waals surface area contributed by atoms with Crippen molar-refractivity contribution < 1.29 is 4.52 Å². The van der Waals surface area contributed by atoms with E-state index in [4.69, 9.17) is 16.1 Å². The van der Waals surface area contributed by atoms with Crippen LogP contribution >= 0.6 is 11.6 Å². The van der Waals surface area contributed by atoms with Crippen LogP contribution in [0.5, 0.6) is 0 Å². The smallest absolute Gasteiger partial charge is 0.263 e. The number of halogens is 1. The second kappa shape index (κ2) is 5.46. The molecule has 0 atom stereocenters. The Hall–Kier alpha value is -2.14. The average Bonchev–Trinajstić information content (AvgIpc) is 2.90. The lowest BCUT2D eigenvalue weighted by Crippen LogP contribution is -2.03. The Morgan fingerprint density at radius 3 is 2.90 bits per heavy atom. The van der Waals surface area contributed by atoms with Crippen molar-refractivity contribution in [2.24, 2.45) is 0 Å². The zero-order chi connectivity index (χ0) is 13.9. The quantitative estimate of drug-likeness (QED) is 0.796. The largest absolute Gasteiger partial charge is 0.365 e. The van der Waals surface area contributed by atoms with Crippen LogP contribution in [0.3, 0.4) is 0 Å². The van der Waals surface area contributed by atoms with Crippen LogP contribution in [0.2, 0.25) is 5.02 Å². The number of hydrogen-bond donors (Lipinski definition) is 1. The molecule has 0 aliphatic carbocycles. The Balaban J connectivity index is 1.91. The molecule has 0 amide bonds. The lowest BCUT2D eigenvalue weighted by Gasteiger charge is -2.07. The van der Waals surface area contributed by atoms with Gasteiger partial charge in [-0.1, -0.05) is 41.9 Å². The van der Waals surface area contributed by atoms with Gasteiger partial charge in [0.05, 0.1) is 5.69 Å². The normalized spacial score (nSPS) is 10.9. The Morgan fingerprint density at radius 1 is 1.25 bits per heavy atom. The van der Waals surface area contributed by atoms with Crippen molar-refractivity contribution in [3.8, 4) is 0 Å². The van der Waals surface area contributed by atoms with Gasteiger partial charge in [0, 0.05) is 11.6 Å². The SMILES string of the molecule is CCc1noc2ncnc(NCc3ccccc3Cl)c12. The van der Waals surface area contributed by atoms with Crippen molar-refractivity contribution >= 4 is 28.5 Å². The molecule has 0 saturated heterocycles. The summed E-state index contributed by atoms with van der Waals surface area (Å²) >= 11 is 6.14. The first-order valence-corrected chi connectivity index (χ1v) is 6.74. The molecule has 1 aromatic carbocycles. The second-order valence-electron chi connectivity index (χ2n) is 4.33. The van der Waals surface area contributed by atoms with Gasteiger partial charge in [-0.25, -0.2) is 4.98 Å². The molecule has 0 aliphatic heterocycles. The molecule has 0 aliphatic rings. The zero-order valence-corrected chi connectivity index (χ0v) is 11.7. The maximum Gasteiger partial charge on any atom is 0.263 e. The summed E-state index contributed by atoms with van der Waals surface area (Å²) in [6.45, 7) is 2.60. The maximum absolute atomic E-state index is 6.14. The molecular weight excluding hydrogens is 276 g/mol. The van der Waals surface area contributed by atoms with E-state index >= 15 is 0 Å². The number of anilines is 1. The molecule has 0 spiro atoms. The van der Waals surface area contributed by atoms with Gasteiger partial charge in [0.15, 0.2) is 0 Å². The molecule has 0 saturated carbocycles. The minimum absolute atomic E-state index is 0.499. The highest BCUT2D eigenvalue weighted by Crippen LogP contribution is 2.24. The molecule has 3 aromatic rings. The minimum Gasteiger partial charge on any atom is -0.365 e. The first-order valence-electron chi connectivity index (χ1n) is 6.36. The highest BCUT2D eigenvalue weighted by molar-refractivity contribution is 6.31. The fraction of sp³-hybridized carbons (Fsp3) is 0.214. The Labute approximate surface area is 121 Å². The fourth-order valence-electron chi connectivity index (χ4n) is 2.04. The van der Waals surface area contributed by atoms with Gasteiger partial charge >= 0.3 is 0 Å². The van der Waals surface area contributed by atoms with Crippen molar-refractivity contribution in [1.82, 2.24) is 15.1 Å². The van der Waals surface area contributed by atoms with E-state index < -0.39 is 0 Å². The third kappa shape index (κ3) is 2.32. The summed E-state index contributed by atoms with van der Waals surface area (Å²) in [5.41, 5.74) is 2.36. The van der Waals surface area contributed by atoms with Gasteiger partial charge in [-0.15, -0.1) is 0 Å². The molecule has 6 heteroatoms. The highest BCUT2D eigenvalue weighted by atomic mass is 35.5. The van der Waals surface area contributed by atoms with E-state index in [0.29, 0.717) is 18.1 Å². The molecule has 20 heavy (non-hydrogen) atoms. The molecule has 0 fully saturated rings. The zero-order valence-electron chi connectivity index (χ0n) is 10.9. The van der Waals surface area contributed by atoms with Gasteiger partial charge in [0.25, 0.3) is 5.71 Å². The van der Waals surface area contributed by atoms with Gasteiger partial charge in [-0.2, -0.15) is 4.98 Å². The lowest BCUT2D eigenvalue weighted by molar-refractivity contribution is 0.439. The summed E-state index contributed by atoms with van der Waals surface area (Å²) in [5, 5.41) is 8.84. The standard InChI is InChI=1S/C14H13ClN4O/c1-2-11-12-13(17-8-18-14(12)20-19-11)16-7-9-5-3-4-6-10(9)15/h3-6,8H,2,7H2,1H3,(H,16,17,18). The van der Waals surface area contributed by atoms with Gasteiger partial charge in [0.2, 0.25) is 0 Å². The predicted molar refractivity (Wildman–Crippen MR) is 77.8 cm³/mol. The first-order chi connectivity index (χ1) is 9.79. The molecule has 2 aromatic heterocycles. The maximum atomic E-state index is 6.14. The third-order valence-electron chi connectivity index (χ3n) is 3.08. The average molecular weight is 289 g/mol. The summed E-state index contributed by atoms with van der Waals surface area (Å²) in [4.78, 5) is 8.34.